The molecule has 33 heavy (non-hydrogen) atoms. The number of sulfone groups is 1. The lowest BCUT2D eigenvalue weighted by Gasteiger charge is -2.16. The number of anilines is 2. The Morgan fingerprint density at radius 3 is 2.48 bits per heavy atom. The standard InChI is InChI=1S/C22H24N4O5S2/c1-4-18(21(27)25-16-12-14(30-2)10-11-17(16)31-3)32-22-24-13-19(20(23)26-22)33(28,29)15-8-6-5-7-9-15/h5-13,18H,4H2,1-3H3,(H,25,27)(H2,23,24,26). The molecular weight excluding hydrogens is 464 g/mol. The van der Waals surface area contributed by atoms with Gasteiger partial charge in [0.1, 0.15) is 22.2 Å². The molecule has 3 N–H and O–H groups in total. The molecule has 0 aliphatic heterocycles. The molecule has 9 nitrogen and oxygen atoms in total. The minimum Gasteiger partial charge on any atom is -0.497 e. The highest BCUT2D eigenvalue weighted by Crippen LogP contribution is 2.32. The number of nitrogen functional groups attached to an aromatic ring is 1. The molecule has 1 heterocycles. The van der Waals surface area contributed by atoms with Crippen LogP contribution < -0.4 is 20.5 Å². The number of thioether (sulfide) groups is 1. The molecule has 0 saturated heterocycles. The van der Waals surface area contributed by atoms with Gasteiger partial charge >= 0.3 is 0 Å². The van der Waals surface area contributed by atoms with E-state index < -0.39 is 15.1 Å². The molecule has 2 aromatic carbocycles. The van der Waals surface area contributed by atoms with Gasteiger partial charge in [-0.1, -0.05) is 36.9 Å². The van der Waals surface area contributed by atoms with Crippen molar-refractivity contribution in [2.24, 2.45) is 0 Å². The number of ether oxygens (including phenoxy) is 2. The van der Waals surface area contributed by atoms with E-state index in [2.05, 4.69) is 15.3 Å². The summed E-state index contributed by atoms with van der Waals surface area (Å²) in [6, 6.07) is 13.0. The third-order valence-corrected chi connectivity index (χ3v) is 7.71. The molecule has 3 rings (SSSR count). The number of rotatable bonds is 9. The first-order valence-corrected chi connectivity index (χ1v) is 12.3. The van der Waals surface area contributed by atoms with Crippen LogP contribution in [0, 0.1) is 0 Å². The van der Waals surface area contributed by atoms with E-state index in [4.69, 9.17) is 15.2 Å². The normalized spacial score (nSPS) is 12.1. The minimum atomic E-state index is -3.86. The predicted molar refractivity (Wildman–Crippen MR) is 126 cm³/mol. The molecule has 0 saturated carbocycles. The third kappa shape index (κ3) is 5.55. The number of nitrogens with two attached hydrogens (primary N) is 1. The Kier molecular flexibility index (Phi) is 7.77. The van der Waals surface area contributed by atoms with Crippen molar-refractivity contribution >= 4 is 39.0 Å². The summed E-state index contributed by atoms with van der Waals surface area (Å²) in [5.41, 5.74) is 6.42. The number of nitrogens with one attached hydrogen (secondary N) is 1. The lowest BCUT2D eigenvalue weighted by Crippen LogP contribution is -2.25. The van der Waals surface area contributed by atoms with E-state index in [0.717, 1.165) is 11.8 Å². The summed E-state index contributed by atoms with van der Waals surface area (Å²) in [5, 5.41) is 2.47. The van der Waals surface area contributed by atoms with E-state index >= 15 is 0 Å². The molecule has 0 bridgehead atoms. The van der Waals surface area contributed by atoms with Crippen LogP contribution in [0.5, 0.6) is 11.5 Å². The van der Waals surface area contributed by atoms with Crippen LogP contribution in [0.25, 0.3) is 0 Å². The van der Waals surface area contributed by atoms with Crippen LogP contribution in [-0.2, 0) is 14.6 Å². The minimum absolute atomic E-state index is 0.0961. The summed E-state index contributed by atoms with van der Waals surface area (Å²) >= 11 is 1.09. The number of amides is 1. The zero-order valence-electron chi connectivity index (χ0n) is 18.3. The van der Waals surface area contributed by atoms with Crippen molar-refractivity contribution in [1.82, 2.24) is 9.97 Å². The summed E-state index contributed by atoms with van der Waals surface area (Å²) in [5.74, 6) is 0.580. The number of hydrogen-bond donors (Lipinski definition) is 2. The molecule has 1 atom stereocenters. The van der Waals surface area contributed by atoms with Crippen LogP contribution in [0.15, 0.2) is 69.7 Å². The summed E-state index contributed by atoms with van der Waals surface area (Å²) in [6.45, 7) is 1.84. The number of hydrogen-bond acceptors (Lipinski definition) is 9. The smallest absolute Gasteiger partial charge is 0.238 e. The number of nitrogens with zero attached hydrogens (tertiary/aromatic N) is 2. The first-order chi connectivity index (χ1) is 15.8. The molecule has 0 aliphatic carbocycles. The zero-order valence-corrected chi connectivity index (χ0v) is 19.9. The second kappa shape index (κ2) is 10.5. The van der Waals surface area contributed by atoms with Crippen molar-refractivity contribution in [2.45, 2.75) is 33.5 Å². The van der Waals surface area contributed by atoms with Crippen LogP contribution in [0.2, 0.25) is 0 Å². The van der Waals surface area contributed by atoms with Gasteiger partial charge in [-0.05, 0) is 30.7 Å². The highest BCUT2D eigenvalue weighted by molar-refractivity contribution is 8.00. The van der Waals surface area contributed by atoms with Gasteiger partial charge in [0.2, 0.25) is 15.7 Å². The molecule has 0 fully saturated rings. The molecule has 1 aromatic heterocycles. The third-order valence-electron chi connectivity index (χ3n) is 4.68. The second-order valence-electron chi connectivity index (χ2n) is 6.79. The van der Waals surface area contributed by atoms with Gasteiger partial charge in [0.25, 0.3) is 0 Å². The van der Waals surface area contributed by atoms with Gasteiger partial charge in [-0.2, -0.15) is 0 Å². The molecule has 11 heteroatoms. The van der Waals surface area contributed by atoms with Crippen molar-refractivity contribution in [2.75, 3.05) is 25.3 Å². The molecular formula is C22H24N4O5S2. The molecule has 0 radical (unpaired) electrons. The highest BCUT2D eigenvalue weighted by Gasteiger charge is 2.25. The van der Waals surface area contributed by atoms with Crippen molar-refractivity contribution in [3.63, 3.8) is 0 Å². The van der Waals surface area contributed by atoms with E-state index in [-0.39, 0.29) is 26.7 Å². The van der Waals surface area contributed by atoms with Crippen LogP contribution >= 0.6 is 11.8 Å². The monoisotopic (exact) mass is 488 g/mol. The van der Waals surface area contributed by atoms with Gasteiger partial charge in [-0.3, -0.25) is 4.79 Å². The maximum absolute atomic E-state index is 12.9. The number of benzene rings is 2. The zero-order chi connectivity index (χ0) is 24.0. The van der Waals surface area contributed by atoms with E-state index in [1.54, 1.807) is 36.4 Å². The van der Waals surface area contributed by atoms with Crippen LogP contribution in [-0.4, -0.2) is 43.8 Å². The Bertz CT molecular complexity index is 1240. The van der Waals surface area contributed by atoms with Crippen molar-refractivity contribution in [3.8, 4) is 11.5 Å². The van der Waals surface area contributed by atoms with Crippen LogP contribution in [0.4, 0.5) is 11.5 Å². The fraction of sp³-hybridized carbons (Fsp3) is 0.227. The molecule has 3 aromatic rings. The largest absolute Gasteiger partial charge is 0.497 e. The Morgan fingerprint density at radius 2 is 1.88 bits per heavy atom. The van der Waals surface area contributed by atoms with Crippen molar-refractivity contribution < 1.29 is 22.7 Å². The topological polar surface area (TPSA) is 134 Å². The van der Waals surface area contributed by atoms with Gasteiger partial charge in [0, 0.05) is 6.07 Å². The first kappa shape index (κ1) is 24.3. The molecule has 1 unspecified atom stereocenters. The predicted octanol–water partition coefficient (Wildman–Crippen LogP) is 3.42. The SMILES string of the molecule is CCC(Sc1ncc(S(=O)(=O)c2ccccc2)c(N)n1)C(=O)Nc1cc(OC)ccc1OC. The number of carbonyl (C=O) groups is 1. The molecule has 0 spiro atoms. The molecule has 1 amide bonds. The summed E-state index contributed by atoms with van der Waals surface area (Å²) in [4.78, 5) is 21.1. The van der Waals surface area contributed by atoms with Gasteiger partial charge in [-0.25, -0.2) is 18.4 Å². The van der Waals surface area contributed by atoms with Gasteiger partial charge in [0.15, 0.2) is 5.16 Å². The first-order valence-electron chi connectivity index (χ1n) is 9.92. The summed E-state index contributed by atoms with van der Waals surface area (Å²) in [7, 11) is -0.822. The summed E-state index contributed by atoms with van der Waals surface area (Å²) in [6.07, 6.45) is 1.64. The molecule has 0 aliphatic rings. The van der Waals surface area contributed by atoms with E-state index in [1.165, 1.54) is 32.5 Å². The summed E-state index contributed by atoms with van der Waals surface area (Å²) < 4.78 is 36.1. The fourth-order valence-corrected chi connectivity index (χ4v) is 5.07. The van der Waals surface area contributed by atoms with Gasteiger partial charge in [0.05, 0.1) is 36.2 Å². The molecule has 174 valence electrons. The average Bonchev–Trinajstić information content (AvgIpc) is 2.82. The maximum atomic E-state index is 12.9. The second-order valence-corrected chi connectivity index (χ2v) is 9.88. The van der Waals surface area contributed by atoms with E-state index in [1.807, 2.05) is 6.92 Å². The average molecular weight is 489 g/mol. The van der Waals surface area contributed by atoms with Crippen molar-refractivity contribution in [3.05, 3.63) is 54.7 Å². The Hall–Kier alpha value is -3.31. The lowest BCUT2D eigenvalue weighted by molar-refractivity contribution is -0.115. The number of methoxy groups -OCH3 is 2. The lowest BCUT2D eigenvalue weighted by atomic mass is 10.2. The van der Waals surface area contributed by atoms with E-state index in [0.29, 0.717) is 23.6 Å². The Morgan fingerprint density at radius 1 is 1.15 bits per heavy atom. The quantitative estimate of drug-likeness (QED) is 0.343. The maximum Gasteiger partial charge on any atom is 0.238 e. The number of carbonyl (C=O) groups excluding carboxylic acids is 1. The van der Waals surface area contributed by atoms with Crippen molar-refractivity contribution in [1.29, 1.82) is 0 Å². The van der Waals surface area contributed by atoms with Crippen LogP contribution in [0.3, 0.4) is 0 Å². The van der Waals surface area contributed by atoms with Gasteiger partial charge < -0.3 is 20.5 Å². The van der Waals surface area contributed by atoms with Gasteiger partial charge in [-0.15, -0.1) is 0 Å². The number of aromatic nitrogens is 2. The van der Waals surface area contributed by atoms with E-state index in [9.17, 15) is 13.2 Å². The van der Waals surface area contributed by atoms with Crippen LogP contribution in [0.1, 0.15) is 13.3 Å². The Labute approximate surface area is 196 Å². The fourth-order valence-electron chi connectivity index (χ4n) is 2.93. The highest BCUT2D eigenvalue weighted by atomic mass is 32.2. The Balaban J connectivity index is 1.79.